The van der Waals surface area contributed by atoms with Crippen LogP contribution in [-0.4, -0.2) is 10.3 Å². The zero-order valence-electron chi connectivity index (χ0n) is 43.8. The van der Waals surface area contributed by atoms with E-state index < -0.39 is 6.17 Å². The second-order valence-electron chi connectivity index (χ2n) is 19.7. The molecule has 1 N–H and O–H groups in total. The van der Waals surface area contributed by atoms with E-state index in [1.54, 1.807) is 12.1 Å². The summed E-state index contributed by atoms with van der Waals surface area (Å²) in [7, 11) is 0. The first-order chi connectivity index (χ1) is 40.0. The highest BCUT2D eigenvalue weighted by Crippen LogP contribution is 2.43. The number of fused-ring (bicyclic) bond motifs is 3. The first kappa shape index (κ1) is 49.1. The van der Waals surface area contributed by atoms with Gasteiger partial charge < -0.3 is 19.7 Å². The van der Waals surface area contributed by atoms with Crippen LogP contribution in [0.1, 0.15) is 39.5 Å². The predicted octanol–water partition coefficient (Wildman–Crippen LogP) is 17.8. The maximum Gasteiger partial charge on any atom is 0.146 e. The quantitative estimate of drug-likeness (QED) is 0.131. The van der Waals surface area contributed by atoms with Gasteiger partial charge in [-0.1, -0.05) is 158 Å². The molecule has 1 aliphatic rings. The highest BCUT2D eigenvalue weighted by atomic mass is 15.2. The molecule has 13 rings (SSSR count). The van der Waals surface area contributed by atoms with E-state index in [1.807, 2.05) is 91.0 Å². The Bertz CT molecular complexity index is 4290. The molecule has 0 bridgehead atoms. The molecular weight excluding hydrogens is 989 g/mol. The summed E-state index contributed by atoms with van der Waals surface area (Å²) in [4.78, 5) is 9.63. The van der Waals surface area contributed by atoms with Crippen molar-refractivity contribution in [1.29, 1.82) is 15.8 Å². The second-order valence-corrected chi connectivity index (χ2v) is 19.7. The van der Waals surface area contributed by atoms with Crippen molar-refractivity contribution in [3.8, 4) is 46.1 Å². The number of rotatable bonds is 12. The maximum absolute atomic E-state index is 10.7. The van der Waals surface area contributed by atoms with E-state index in [-0.39, 0.29) is 0 Å². The standard InChI is InChI=1S/C73H48N8/c74-47-54-17-13-15-27-65(54)70-46-69(77-73(78-70)66-28-16-14-18-55(66)48-75)52-31-29-50(30-32-52)53-35-40-64(56(43-53)49-76)51-33-36-61(37-34-51)81-71-41-38-62(79(57-19-5-1-6-20-57)58-21-7-2-8-22-58)44-67(71)68-45-63(39-42-72(68)81)80(59-23-9-3-10-24-59)60-25-11-4-12-26-60/h1-46,73,77H. The van der Waals surface area contributed by atoms with Crippen molar-refractivity contribution in [2.24, 2.45) is 4.99 Å². The highest BCUT2D eigenvalue weighted by molar-refractivity contribution is 6.14. The molecule has 0 radical (unpaired) electrons. The van der Waals surface area contributed by atoms with E-state index in [0.29, 0.717) is 28.0 Å². The summed E-state index contributed by atoms with van der Waals surface area (Å²) < 4.78 is 2.34. The van der Waals surface area contributed by atoms with Crippen molar-refractivity contribution < 1.29 is 0 Å². The van der Waals surface area contributed by atoms with Gasteiger partial charge in [-0.15, -0.1) is 0 Å². The van der Waals surface area contributed by atoms with Crippen LogP contribution in [0.2, 0.25) is 0 Å². The van der Waals surface area contributed by atoms with Crippen LogP contribution in [0, 0.1) is 34.0 Å². The fraction of sp³-hybridized carbons (Fsp3) is 0.0137. The number of nitriles is 3. The molecule has 0 aliphatic carbocycles. The average molecular weight is 1040 g/mol. The molecule has 8 nitrogen and oxygen atoms in total. The molecule has 12 aromatic rings. The topological polar surface area (TPSA) is 107 Å². The summed E-state index contributed by atoms with van der Waals surface area (Å²) in [5.41, 5.74) is 18.5. The van der Waals surface area contributed by atoms with Gasteiger partial charge in [0.2, 0.25) is 0 Å². The fourth-order valence-electron chi connectivity index (χ4n) is 11.1. The van der Waals surface area contributed by atoms with Crippen molar-refractivity contribution >= 4 is 67.3 Å². The lowest BCUT2D eigenvalue weighted by Gasteiger charge is -2.26. The van der Waals surface area contributed by atoms with Crippen molar-refractivity contribution in [3.05, 3.63) is 312 Å². The molecule has 1 atom stereocenters. The maximum atomic E-state index is 10.7. The SMILES string of the molecule is N#Cc1ccccc1C1=NC(c2ccccc2C#N)NC(c2ccc(-c3ccc(-c4ccc(-n5c6ccc(N(c7ccccc7)c7ccccc7)cc6c6cc(N(c7ccccc7)c7ccccc7)ccc65)cc4)c(C#N)c3)cc2)=C1. The largest absolute Gasteiger partial charge is 0.359 e. The molecule has 0 spiro atoms. The van der Waals surface area contributed by atoms with Crippen molar-refractivity contribution in [2.75, 3.05) is 9.80 Å². The minimum atomic E-state index is -0.556. The zero-order chi connectivity index (χ0) is 54.7. The number of para-hydroxylation sites is 4. The van der Waals surface area contributed by atoms with Crippen molar-refractivity contribution in [2.45, 2.75) is 6.17 Å². The Hall–Kier alpha value is -11.5. The summed E-state index contributed by atoms with van der Waals surface area (Å²) in [6.45, 7) is 0. The molecule has 1 aromatic heterocycles. The molecule has 0 amide bonds. The first-order valence-corrected chi connectivity index (χ1v) is 26.7. The molecule has 0 fully saturated rings. The first-order valence-electron chi connectivity index (χ1n) is 26.7. The minimum absolute atomic E-state index is 0.515. The van der Waals surface area contributed by atoms with Gasteiger partial charge in [0.15, 0.2) is 0 Å². The Kier molecular flexibility index (Phi) is 13.0. The van der Waals surface area contributed by atoms with Crippen LogP contribution in [0.25, 0.3) is 55.4 Å². The van der Waals surface area contributed by atoms with E-state index in [1.165, 1.54) is 0 Å². The van der Waals surface area contributed by atoms with Crippen molar-refractivity contribution in [3.63, 3.8) is 0 Å². The molecule has 1 unspecified atom stereocenters. The van der Waals surface area contributed by atoms with Crippen LogP contribution in [0.15, 0.2) is 284 Å². The van der Waals surface area contributed by atoms with E-state index in [2.05, 4.69) is 214 Å². The zero-order valence-corrected chi connectivity index (χ0v) is 43.8. The Morgan fingerprint density at radius 1 is 0.370 bits per heavy atom. The summed E-state index contributed by atoms with van der Waals surface area (Å²) >= 11 is 0. The van der Waals surface area contributed by atoms with Gasteiger partial charge in [0.1, 0.15) is 6.17 Å². The summed E-state index contributed by atoms with van der Waals surface area (Å²) in [5.74, 6) is 0. The van der Waals surface area contributed by atoms with E-state index in [0.717, 1.165) is 101 Å². The minimum Gasteiger partial charge on any atom is -0.359 e. The van der Waals surface area contributed by atoms with E-state index >= 15 is 0 Å². The number of aliphatic imine (C=N–C) groups is 1. The number of hydrogen-bond donors (Lipinski definition) is 1. The molecule has 380 valence electrons. The number of hydrogen-bond acceptors (Lipinski definition) is 7. The predicted molar refractivity (Wildman–Crippen MR) is 328 cm³/mol. The lowest BCUT2D eigenvalue weighted by Crippen LogP contribution is -2.25. The molecule has 1 aliphatic heterocycles. The summed E-state index contributed by atoms with van der Waals surface area (Å²) in [6.07, 6.45) is 1.40. The number of nitrogens with one attached hydrogen (secondary N) is 1. The monoisotopic (exact) mass is 1040 g/mol. The van der Waals surface area contributed by atoms with Crippen LogP contribution in [-0.2, 0) is 0 Å². The van der Waals surface area contributed by atoms with Crippen LogP contribution >= 0.6 is 0 Å². The van der Waals surface area contributed by atoms with E-state index in [4.69, 9.17) is 4.99 Å². The number of benzene rings is 11. The van der Waals surface area contributed by atoms with Crippen LogP contribution in [0.3, 0.4) is 0 Å². The van der Waals surface area contributed by atoms with E-state index in [9.17, 15) is 15.8 Å². The Morgan fingerprint density at radius 3 is 1.36 bits per heavy atom. The number of nitrogens with zero attached hydrogens (tertiary/aromatic N) is 7. The molecule has 81 heavy (non-hydrogen) atoms. The Labute approximate surface area is 470 Å². The third-order valence-corrected chi connectivity index (χ3v) is 15.0. The fourth-order valence-corrected chi connectivity index (χ4v) is 11.1. The van der Waals surface area contributed by atoms with Gasteiger partial charge in [-0.2, -0.15) is 15.8 Å². The number of allylic oxidation sites excluding steroid dienone is 1. The van der Waals surface area contributed by atoms with Gasteiger partial charge in [-0.3, -0.25) is 4.99 Å². The average Bonchev–Trinajstić information content (AvgIpc) is 3.95. The van der Waals surface area contributed by atoms with Gasteiger partial charge in [0.05, 0.1) is 51.6 Å². The summed E-state index contributed by atoms with van der Waals surface area (Å²) in [5, 5.41) is 36.5. The van der Waals surface area contributed by atoms with Crippen molar-refractivity contribution in [1.82, 2.24) is 9.88 Å². The molecule has 0 saturated carbocycles. The molecule has 11 aromatic carbocycles. The Balaban J connectivity index is 0.853. The molecular formula is C73H48N8. The van der Waals surface area contributed by atoms with Gasteiger partial charge in [0, 0.05) is 67.4 Å². The van der Waals surface area contributed by atoms with Crippen LogP contribution in [0.4, 0.5) is 34.1 Å². The number of anilines is 6. The Morgan fingerprint density at radius 2 is 0.827 bits per heavy atom. The third-order valence-electron chi connectivity index (χ3n) is 15.0. The lowest BCUT2D eigenvalue weighted by molar-refractivity contribution is 0.662. The van der Waals surface area contributed by atoms with Crippen LogP contribution in [0.5, 0.6) is 0 Å². The molecule has 0 saturated heterocycles. The van der Waals surface area contributed by atoms with Crippen LogP contribution < -0.4 is 15.1 Å². The van der Waals surface area contributed by atoms with Gasteiger partial charge in [-0.05, 0) is 149 Å². The molecule has 8 heteroatoms. The third kappa shape index (κ3) is 9.40. The van der Waals surface area contributed by atoms with Gasteiger partial charge in [-0.25, -0.2) is 0 Å². The highest BCUT2D eigenvalue weighted by Gasteiger charge is 2.24. The lowest BCUT2D eigenvalue weighted by atomic mass is 9.94. The normalized spacial score (nSPS) is 12.8. The second kappa shape index (κ2) is 21.5. The smallest absolute Gasteiger partial charge is 0.146 e. The van der Waals surface area contributed by atoms with Gasteiger partial charge >= 0.3 is 0 Å². The summed E-state index contributed by atoms with van der Waals surface area (Å²) in [6, 6.07) is 100. The molecule has 2 heterocycles. The number of aromatic nitrogens is 1. The van der Waals surface area contributed by atoms with Gasteiger partial charge in [0.25, 0.3) is 0 Å².